The number of ether oxygens (including phenoxy) is 2. The number of allylic oxidation sites excluding steroid dienone is 20. The second-order valence-electron chi connectivity index (χ2n) is 19.9. The van der Waals surface area contributed by atoms with Crippen LogP contribution < -0.4 is 21.3 Å². The van der Waals surface area contributed by atoms with Crippen molar-refractivity contribution in [1.82, 2.24) is 21.3 Å². The number of urea groups is 2. The maximum absolute atomic E-state index is 13.3. The van der Waals surface area contributed by atoms with Crippen LogP contribution in [0.2, 0.25) is 0 Å². The van der Waals surface area contributed by atoms with Gasteiger partial charge in [0.25, 0.3) is 0 Å². The first kappa shape index (κ1) is 63.0. The lowest BCUT2D eigenvalue weighted by Gasteiger charge is -2.36. The number of carboxylic acid groups (broad SMARTS) is 2. The number of Topliss-reactive ketones (excluding diaryl/α,β-unsaturated/α-hetero) is 2. The van der Waals surface area contributed by atoms with E-state index < -0.39 is 59.0 Å². The molecule has 4 amide bonds. The van der Waals surface area contributed by atoms with Crippen LogP contribution in [-0.4, -0.2) is 96.1 Å². The Morgan fingerprint density at radius 1 is 0.500 bits per heavy atom. The summed E-state index contributed by atoms with van der Waals surface area (Å²) in [7, 11) is 0. The third-order valence-electron chi connectivity index (χ3n) is 12.2. The fourth-order valence-corrected chi connectivity index (χ4v) is 8.07. The second kappa shape index (κ2) is 32.2. The zero-order chi connectivity index (χ0) is 55.4. The van der Waals surface area contributed by atoms with E-state index in [1.807, 2.05) is 140 Å². The summed E-state index contributed by atoms with van der Waals surface area (Å²) in [6, 6.07) is -0.884. The lowest BCUT2D eigenvalue weighted by Crippen LogP contribution is -2.39. The average Bonchev–Trinajstić information content (AvgIpc) is 3.31. The summed E-state index contributed by atoms with van der Waals surface area (Å²) < 4.78 is 11.2. The Bertz CT molecular complexity index is 2240. The number of rotatable bonds is 28. The van der Waals surface area contributed by atoms with Gasteiger partial charge < -0.3 is 41.0 Å². The van der Waals surface area contributed by atoms with Gasteiger partial charge in [-0.3, -0.25) is 28.8 Å². The Hall–Kier alpha value is -7.10. The van der Waals surface area contributed by atoms with Crippen LogP contribution in [0.25, 0.3) is 0 Å². The molecular formula is C58H80N4O12. The molecule has 0 radical (unpaired) electrons. The van der Waals surface area contributed by atoms with Crippen molar-refractivity contribution in [2.24, 2.45) is 10.8 Å². The van der Waals surface area contributed by atoms with Gasteiger partial charge in [-0.05, 0) is 100 Å². The quantitative estimate of drug-likeness (QED) is 0.0244. The molecule has 2 aliphatic carbocycles. The molecule has 0 saturated heterocycles. The van der Waals surface area contributed by atoms with E-state index in [-0.39, 0.29) is 63.4 Å². The van der Waals surface area contributed by atoms with Crippen molar-refractivity contribution in [3.8, 4) is 0 Å². The fraction of sp³-hybridized carbons (Fsp3) is 0.483. The molecule has 16 heteroatoms. The third-order valence-corrected chi connectivity index (χ3v) is 12.2. The van der Waals surface area contributed by atoms with Gasteiger partial charge in [-0.1, -0.05) is 135 Å². The van der Waals surface area contributed by atoms with Gasteiger partial charge in [0.15, 0.2) is 23.8 Å². The number of amides is 4. The van der Waals surface area contributed by atoms with Gasteiger partial charge in [-0.15, -0.1) is 0 Å². The van der Waals surface area contributed by atoms with Crippen molar-refractivity contribution < 1.29 is 58.0 Å². The van der Waals surface area contributed by atoms with Crippen molar-refractivity contribution >= 4 is 47.5 Å². The molecule has 2 aliphatic rings. The third kappa shape index (κ3) is 24.5. The highest BCUT2D eigenvalue weighted by atomic mass is 16.6. The molecule has 0 aromatic carbocycles. The topological polar surface area (TPSA) is 244 Å². The highest BCUT2D eigenvalue weighted by Crippen LogP contribution is 2.42. The van der Waals surface area contributed by atoms with Crippen LogP contribution in [0.4, 0.5) is 9.59 Å². The van der Waals surface area contributed by atoms with E-state index in [1.165, 1.54) is 0 Å². The number of carbonyl (C=O) groups is 8. The molecule has 0 fully saturated rings. The molecule has 0 bridgehead atoms. The van der Waals surface area contributed by atoms with E-state index >= 15 is 0 Å². The maximum Gasteiger partial charge on any atom is 0.314 e. The Balaban J connectivity index is 1.87. The number of aliphatic carboxylic acids is 2. The minimum Gasteiger partial charge on any atom is -0.481 e. The molecule has 2 atom stereocenters. The van der Waals surface area contributed by atoms with Crippen LogP contribution in [0.1, 0.15) is 133 Å². The molecule has 0 aromatic heterocycles. The maximum atomic E-state index is 13.3. The Labute approximate surface area is 437 Å². The standard InChI is InChI=1S/C58H80N4O12/c1-39(21-13-23-41(3)29-31-45-43(5)53(69)47(37-57(45,7)8)73-51(67)27-17-35-61-55(71)59-33-15-25-49(63)64)19-11-12-20-40(2)22-14-24-42(4)30-32-46-44(6)54(70)48(38-58(46,9)10)74-52(68)28-18-36-62-56(72)60-34-16-26-50(65)66/h11-14,19-24,29-32,47-48H,15-18,25-28,33-38H2,1-10H3,(H,63,64)(H,65,66)(H2,59,61,71)(H2,60,62,72). The van der Waals surface area contributed by atoms with Crippen LogP contribution in [0, 0.1) is 10.8 Å². The Morgan fingerprint density at radius 3 is 1.12 bits per heavy atom. The van der Waals surface area contributed by atoms with E-state index in [4.69, 9.17) is 19.7 Å². The Kier molecular flexibility index (Phi) is 27.4. The summed E-state index contributed by atoms with van der Waals surface area (Å²) in [6.45, 7) is 20.5. The molecule has 0 aliphatic heterocycles. The summed E-state index contributed by atoms with van der Waals surface area (Å²) >= 11 is 0. The smallest absolute Gasteiger partial charge is 0.314 e. The molecule has 0 spiro atoms. The summed E-state index contributed by atoms with van der Waals surface area (Å²) in [5.74, 6) is -3.34. The monoisotopic (exact) mass is 1020 g/mol. The molecule has 2 rings (SSSR count). The highest BCUT2D eigenvalue weighted by molar-refractivity contribution is 6.02. The number of carbonyl (C=O) groups excluding carboxylic acids is 6. The highest BCUT2D eigenvalue weighted by Gasteiger charge is 2.41. The molecule has 16 nitrogen and oxygen atoms in total. The largest absolute Gasteiger partial charge is 0.481 e. The Morgan fingerprint density at radius 2 is 0.797 bits per heavy atom. The molecule has 0 saturated carbocycles. The molecule has 404 valence electrons. The van der Waals surface area contributed by atoms with Gasteiger partial charge in [0.1, 0.15) is 0 Å². The zero-order valence-electron chi connectivity index (χ0n) is 45.1. The van der Waals surface area contributed by atoms with Crippen LogP contribution in [0.3, 0.4) is 0 Å². The van der Waals surface area contributed by atoms with Crippen molar-refractivity contribution in [2.75, 3.05) is 26.2 Å². The molecule has 6 N–H and O–H groups in total. The van der Waals surface area contributed by atoms with Crippen molar-refractivity contribution in [3.05, 3.63) is 130 Å². The van der Waals surface area contributed by atoms with E-state index in [2.05, 4.69) is 21.3 Å². The summed E-state index contributed by atoms with van der Waals surface area (Å²) in [6.07, 6.45) is 28.0. The normalized spacial score (nSPS) is 18.8. The van der Waals surface area contributed by atoms with Crippen molar-refractivity contribution in [3.63, 3.8) is 0 Å². The minimum absolute atomic E-state index is 0.0336. The number of ketones is 2. The van der Waals surface area contributed by atoms with E-state index in [0.29, 0.717) is 49.7 Å². The first-order valence-corrected chi connectivity index (χ1v) is 25.3. The van der Waals surface area contributed by atoms with Crippen LogP contribution in [0.5, 0.6) is 0 Å². The lowest BCUT2D eigenvalue weighted by molar-refractivity contribution is -0.156. The van der Waals surface area contributed by atoms with Crippen LogP contribution in [0.15, 0.2) is 130 Å². The predicted molar refractivity (Wildman–Crippen MR) is 288 cm³/mol. The number of nitrogens with one attached hydrogen (secondary N) is 4. The number of hydrogen-bond donors (Lipinski definition) is 6. The van der Waals surface area contributed by atoms with Crippen LogP contribution in [-0.2, 0) is 38.2 Å². The van der Waals surface area contributed by atoms with Crippen molar-refractivity contribution in [2.45, 2.75) is 146 Å². The van der Waals surface area contributed by atoms with Gasteiger partial charge >= 0.3 is 35.9 Å². The molecule has 74 heavy (non-hydrogen) atoms. The van der Waals surface area contributed by atoms with E-state index in [1.54, 1.807) is 13.8 Å². The molecule has 0 aromatic rings. The first-order chi connectivity index (χ1) is 34.8. The second-order valence-corrected chi connectivity index (χ2v) is 19.9. The summed E-state index contributed by atoms with van der Waals surface area (Å²) in [4.78, 5) is 96.6. The molecule has 2 unspecified atom stereocenters. The zero-order valence-corrected chi connectivity index (χ0v) is 45.1. The van der Waals surface area contributed by atoms with Gasteiger partial charge in [0.2, 0.25) is 0 Å². The number of hydrogen-bond acceptors (Lipinski definition) is 10. The minimum atomic E-state index is -0.930. The van der Waals surface area contributed by atoms with E-state index in [0.717, 1.165) is 33.4 Å². The SMILES string of the molecule is CC(C=CC=C(C)C=CC1=C(C)C(=O)C(OC(=O)CCCNC(=O)NCCCC(=O)O)CC1(C)C)=CC=CC=C(C)C=CC=C(C)C=CC1=C(C)C(=O)C(OC(=O)CCCNC(=O)NCCCC(=O)O)CC1(C)C. The average molecular weight is 1030 g/mol. The summed E-state index contributed by atoms with van der Waals surface area (Å²) in [5.41, 5.74) is 6.09. The van der Waals surface area contributed by atoms with Gasteiger partial charge in [0, 0.05) is 64.7 Å². The lowest BCUT2D eigenvalue weighted by atomic mass is 9.71. The van der Waals surface area contributed by atoms with Gasteiger partial charge in [0.05, 0.1) is 0 Å². The van der Waals surface area contributed by atoms with Crippen molar-refractivity contribution in [1.29, 1.82) is 0 Å². The van der Waals surface area contributed by atoms with Gasteiger partial charge in [-0.2, -0.15) is 0 Å². The summed E-state index contributed by atoms with van der Waals surface area (Å²) in [5, 5.41) is 27.7. The predicted octanol–water partition coefficient (Wildman–Crippen LogP) is 9.90. The van der Waals surface area contributed by atoms with Crippen LogP contribution >= 0.6 is 0 Å². The molecular weight excluding hydrogens is 945 g/mol. The first-order valence-electron chi connectivity index (χ1n) is 25.3. The fourth-order valence-electron chi connectivity index (χ4n) is 8.07. The van der Waals surface area contributed by atoms with Gasteiger partial charge in [-0.25, -0.2) is 9.59 Å². The number of esters is 2. The number of carboxylic acids is 2. The molecule has 0 heterocycles. The van der Waals surface area contributed by atoms with E-state index in [9.17, 15) is 38.4 Å².